The van der Waals surface area contributed by atoms with Gasteiger partial charge in [0, 0.05) is 24.7 Å². The van der Waals surface area contributed by atoms with E-state index in [0.29, 0.717) is 19.3 Å². The summed E-state index contributed by atoms with van der Waals surface area (Å²) in [4.78, 5) is 22.8. The minimum atomic E-state index is -0.932. The van der Waals surface area contributed by atoms with Crippen molar-refractivity contribution in [2.24, 2.45) is 11.8 Å². The molecule has 5 nitrogen and oxygen atoms in total. The third kappa shape index (κ3) is 8.70. The third-order valence-electron chi connectivity index (χ3n) is 5.81. The zero-order chi connectivity index (χ0) is 21.0. The smallest absolute Gasteiger partial charge is 0.303 e. The largest absolute Gasteiger partial charge is 0.481 e. The molecular weight excluding hydrogens is 356 g/mol. The number of carbonyl (C=O) groups excluding carboxylic acids is 1. The molecule has 5 heteroatoms. The number of aliphatic hydroxyl groups excluding tert-OH is 1. The quantitative estimate of drug-likeness (QED) is 0.282. The SMILES string of the molecule is C=CC(O)(CC=C[C@H]1[C@H](O)CC(=O)[C@@H]1CCCCCCC(=O)O)CCCCC. The van der Waals surface area contributed by atoms with Crippen LogP contribution in [-0.4, -0.2) is 38.8 Å². The second-order valence-corrected chi connectivity index (χ2v) is 8.17. The first-order valence-electron chi connectivity index (χ1n) is 10.8. The summed E-state index contributed by atoms with van der Waals surface area (Å²) in [6, 6.07) is 0. The molecule has 0 spiro atoms. The van der Waals surface area contributed by atoms with Crippen LogP contribution in [0.1, 0.15) is 84.0 Å². The van der Waals surface area contributed by atoms with Crippen LogP contribution in [0.3, 0.4) is 0 Å². The number of rotatable bonds is 15. The molecule has 28 heavy (non-hydrogen) atoms. The van der Waals surface area contributed by atoms with Gasteiger partial charge in [0.1, 0.15) is 5.78 Å². The number of hydrogen-bond acceptors (Lipinski definition) is 4. The fourth-order valence-corrected chi connectivity index (χ4v) is 3.98. The fourth-order valence-electron chi connectivity index (χ4n) is 3.98. The number of carboxylic acid groups (broad SMARTS) is 1. The number of ketones is 1. The van der Waals surface area contributed by atoms with Crippen LogP contribution >= 0.6 is 0 Å². The minimum Gasteiger partial charge on any atom is -0.481 e. The highest BCUT2D eigenvalue weighted by atomic mass is 16.4. The summed E-state index contributed by atoms with van der Waals surface area (Å²) in [5.74, 6) is -1.04. The van der Waals surface area contributed by atoms with Crippen molar-refractivity contribution in [2.75, 3.05) is 0 Å². The maximum atomic E-state index is 12.3. The van der Waals surface area contributed by atoms with Gasteiger partial charge in [0.2, 0.25) is 0 Å². The van der Waals surface area contributed by atoms with Gasteiger partial charge >= 0.3 is 5.97 Å². The molecule has 0 aliphatic heterocycles. The second-order valence-electron chi connectivity index (χ2n) is 8.17. The number of aliphatic hydroxyl groups is 2. The van der Waals surface area contributed by atoms with Crippen molar-refractivity contribution in [3.63, 3.8) is 0 Å². The summed E-state index contributed by atoms with van der Waals surface area (Å²) in [5.41, 5.74) is -0.932. The van der Waals surface area contributed by atoms with Gasteiger partial charge in [-0.2, -0.15) is 0 Å². The van der Waals surface area contributed by atoms with Gasteiger partial charge in [-0.15, -0.1) is 6.58 Å². The number of unbranched alkanes of at least 4 members (excludes halogenated alkanes) is 5. The van der Waals surface area contributed by atoms with E-state index in [1.165, 1.54) is 0 Å². The van der Waals surface area contributed by atoms with Gasteiger partial charge in [-0.3, -0.25) is 9.59 Å². The summed E-state index contributed by atoms with van der Waals surface area (Å²) in [7, 11) is 0. The monoisotopic (exact) mass is 394 g/mol. The number of aliphatic carboxylic acids is 1. The number of hydrogen-bond donors (Lipinski definition) is 3. The average Bonchev–Trinajstić information content (AvgIpc) is 2.91. The normalized spacial score (nSPS) is 24.5. The van der Waals surface area contributed by atoms with Gasteiger partial charge in [0.15, 0.2) is 0 Å². The highest BCUT2D eigenvalue weighted by Crippen LogP contribution is 2.35. The van der Waals surface area contributed by atoms with Crippen LogP contribution in [-0.2, 0) is 9.59 Å². The van der Waals surface area contributed by atoms with Crippen molar-refractivity contribution < 1.29 is 24.9 Å². The molecule has 160 valence electrons. The summed E-state index contributed by atoms with van der Waals surface area (Å²) < 4.78 is 0. The lowest BCUT2D eigenvalue weighted by Gasteiger charge is -2.23. The molecule has 3 N–H and O–H groups in total. The molecule has 0 aromatic heterocycles. The van der Waals surface area contributed by atoms with E-state index in [4.69, 9.17) is 5.11 Å². The topological polar surface area (TPSA) is 94.8 Å². The lowest BCUT2D eigenvalue weighted by molar-refractivity contribution is -0.137. The Hall–Kier alpha value is -1.46. The Morgan fingerprint density at radius 1 is 1.21 bits per heavy atom. The molecule has 1 aliphatic rings. The van der Waals surface area contributed by atoms with Gasteiger partial charge in [-0.05, 0) is 25.7 Å². The molecule has 4 atom stereocenters. The molecule has 1 fully saturated rings. The summed E-state index contributed by atoms with van der Waals surface area (Å²) in [6.07, 6.45) is 13.3. The van der Waals surface area contributed by atoms with Crippen molar-refractivity contribution in [1.82, 2.24) is 0 Å². The Labute approximate surface area is 169 Å². The molecule has 0 aromatic rings. The second kappa shape index (κ2) is 12.9. The van der Waals surface area contributed by atoms with Crippen LogP contribution in [0.15, 0.2) is 24.8 Å². The van der Waals surface area contributed by atoms with Crippen LogP contribution < -0.4 is 0 Å². The molecule has 0 amide bonds. The predicted octanol–water partition coefficient (Wildman–Crippen LogP) is 4.42. The van der Waals surface area contributed by atoms with Crippen LogP contribution in [0, 0.1) is 11.8 Å². The van der Waals surface area contributed by atoms with E-state index in [1.54, 1.807) is 6.08 Å². The average molecular weight is 395 g/mol. The lowest BCUT2D eigenvalue weighted by Crippen LogP contribution is -2.25. The molecular formula is C23H38O5. The first kappa shape index (κ1) is 24.6. The molecule has 0 aromatic carbocycles. The van der Waals surface area contributed by atoms with E-state index < -0.39 is 17.7 Å². The minimum absolute atomic E-state index is 0.106. The summed E-state index contributed by atoms with van der Waals surface area (Å²) in [6.45, 7) is 5.88. The van der Waals surface area contributed by atoms with Gasteiger partial charge in [0.05, 0.1) is 11.7 Å². The number of carbonyl (C=O) groups is 2. The van der Waals surface area contributed by atoms with Crippen molar-refractivity contribution >= 4 is 11.8 Å². The van der Waals surface area contributed by atoms with Gasteiger partial charge in [0.25, 0.3) is 0 Å². The molecule has 1 unspecified atom stereocenters. The maximum absolute atomic E-state index is 12.3. The molecule has 1 rings (SSSR count). The van der Waals surface area contributed by atoms with Crippen molar-refractivity contribution in [3.8, 4) is 0 Å². The Bertz CT molecular complexity index is 527. The lowest BCUT2D eigenvalue weighted by atomic mass is 9.87. The van der Waals surface area contributed by atoms with Crippen molar-refractivity contribution in [3.05, 3.63) is 24.8 Å². The summed E-state index contributed by atoms with van der Waals surface area (Å²) in [5, 5.41) is 29.6. The molecule has 1 aliphatic carbocycles. The van der Waals surface area contributed by atoms with E-state index in [0.717, 1.165) is 44.9 Å². The molecule has 0 bridgehead atoms. The zero-order valence-corrected chi connectivity index (χ0v) is 17.3. The number of Topliss-reactive ketones (excluding diaryl/α,β-unsaturated/α-hetero) is 1. The van der Waals surface area contributed by atoms with E-state index in [-0.39, 0.29) is 30.5 Å². The molecule has 0 heterocycles. The van der Waals surface area contributed by atoms with E-state index >= 15 is 0 Å². The fraction of sp³-hybridized carbons (Fsp3) is 0.739. The van der Waals surface area contributed by atoms with E-state index in [2.05, 4.69) is 13.5 Å². The Morgan fingerprint density at radius 3 is 2.57 bits per heavy atom. The van der Waals surface area contributed by atoms with E-state index in [1.807, 2.05) is 12.2 Å². The maximum Gasteiger partial charge on any atom is 0.303 e. The predicted molar refractivity (Wildman–Crippen MR) is 111 cm³/mol. The van der Waals surface area contributed by atoms with Crippen LogP contribution in [0.2, 0.25) is 0 Å². The standard InChI is InChI=1S/C23H38O5/c1-3-5-10-15-23(28,4-2)16-11-13-19-18(20(24)17-21(19)25)12-8-6-7-9-14-22(26)27/h4,11,13,18-19,21,25,28H,2-3,5-10,12,14-17H2,1H3,(H,26,27)/t18-,19-,21-,23?/m1/s1. The van der Waals surface area contributed by atoms with E-state index in [9.17, 15) is 19.8 Å². The van der Waals surface area contributed by atoms with Crippen molar-refractivity contribution in [1.29, 1.82) is 0 Å². The summed E-state index contributed by atoms with van der Waals surface area (Å²) >= 11 is 0. The third-order valence-corrected chi connectivity index (χ3v) is 5.81. The van der Waals surface area contributed by atoms with Gasteiger partial charge in [-0.25, -0.2) is 0 Å². The Kier molecular flexibility index (Phi) is 11.3. The Morgan fingerprint density at radius 2 is 1.93 bits per heavy atom. The van der Waals surface area contributed by atoms with Gasteiger partial charge < -0.3 is 15.3 Å². The first-order chi connectivity index (χ1) is 13.3. The molecule has 0 radical (unpaired) electrons. The van der Waals surface area contributed by atoms with Crippen LogP contribution in [0.4, 0.5) is 0 Å². The first-order valence-corrected chi connectivity index (χ1v) is 10.8. The van der Waals surface area contributed by atoms with Gasteiger partial charge in [-0.1, -0.05) is 63.7 Å². The van der Waals surface area contributed by atoms with Crippen LogP contribution in [0.5, 0.6) is 0 Å². The highest BCUT2D eigenvalue weighted by molar-refractivity contribution is 5.84. The van der Waals surface area contributed by atoms with Crippen LogP contribution in [0.25, 0.3) is 0 Å². The molecule has 0 saturated heterocycles. The molecule has 1 saturated carbocycles. The van der Waals surface area contributed by atoms with Crippen molar-refractivity contribution in [2.45, 2.75) is 95.7 Å². The Balaban J connectivity index is 2.51. The number of carboxylic acids is 1. The zero-order valence-electron chi connectivity index (χ0n) is 17.3. The highest BCUT2D eigenvalue weighted by Gasteiger charge is 2.39.